The number of carbonyl (C=O) groups excluding carboxylic acids is 1. The Morgan fingerprint density at radius 2 is 2.20 bits per heavy atom. The van der Waals surface area contributed by atoms with E-state index in [0.29, 0.717) is 5.56 Å². The van der Waals surface area contributed by atoms with E-state index in [1.165, 1.54) is 12.3 Å². The number of nitrogens with two attached hydrogens (primary N) is 1. The molecule has 0 aliphatic heterocycles. The lowest BCUT2D eigenvalue weighted by Gasteiger charge is -2.13. The van der Waals surface area contributed by atoms with Gasteiger partial charge in [0.2, 0.25) is 0 Å². The van der Waals surface area contributed by atoms with Crippen LogP contribution in [-0.2, 0) is 6.42 Å². The number of benzene rings is 1. The molecule has 3 N–H and O–H groups in total. The number of hydrogen-bond acceptors (Lipinski definition) is 3. The maximum absolute atomic E-state index is 12.3. The van der Waals surface area contributed by atoms with Gasteiger partial charge in [-0.05, 0) is 30.5 Å². The number of nitrogen functional groups attached to an aromatic ring is 1. The summed E-state index contributed by atoms with van der Waals surface area (Å²) in [6.07, 6.45) is 2.22. The normalized spacial score (nSPS) is 10.3. The van der Waals surface area contributed by atoms with Crippen LogP contribution in [0.3, 0.4) is 0 Å². The highest BCUT2D eigenvalue weighted by Crippen LogP contribution is 2.24. The monoisotopic (exact) mass is 289 g/mol. The molecule has 4 nitrogen and oxygen atoms in total. The molecule has 1 aromatic carbocycles. The number of halogens is 1. The molecule has 0 aliphatic rings. The Morgan fingerprint density at radius 3 is 2.90 bits per heavy atom. The summed E-state index contributed by atoms with van der Waals surface area (Å²) >= 11 is 5.99. The molecule has 0 saturated carbocycles. The van der Waals surface area contributed by atoms with Crippen molar-refractivity contribution in [3.8, 4) is 0 Å². The molecule has 1 amide bonds. The maximum atomic E-state index is 12.3. The van der Waals surface area contributed by atoms with Gasteiger partial charge in [-0.2, -0.15) is 0 Å². The third-order valence-corrected chi connectivity index (χ3v) is 3.40. The number of nitrogens with zero attached hydrogens (tertiary/aromatic N) is 1. The third kappa shape index (κ3) is 2.91. The fraction of sp³-hybridized carbons (Fsp3) is 0.200. The van der Waals surface area contributed by atoms with E-state index in [0.717, 1.165) is 23.2 Å². The van der Waals surface area contributed by atoms with Crippen LogP contribution in [-0.4, -0.2) is 10.9 Å². The van der Waals surface area contributed by atoms with Crippen LogP contribution in [0.15, 0.2) is 30.5 Å². The number of rotatable bonds is 3. The fourth-order valence-electron chi connectivity index (χ4n) is 2.01. The van der Waals surface area contributed by atoms with Gasteiger partial charge in [-0.1, -0.05) is 36.7 Å². The Balaban J connectivity index is 2.35. The number of carbonyl (C=O) groups is 1. The minimum atomic E-state index is -0.284. The van der Waals surface area contributed by atoms with E-state index < -0.39 is 0 Å². The molecule has 0 aliphatic carbocycles. The SMILES string of the molecule is CCc1cccc(C)c1NC(=O)c1cc(N)ncc1Cl. The molecule has 0 fully saturated rings. The summed E-state index contributed by atoms with van der Waals surface area (Å²) < 4.78 is 0. The molecule has 5 heteroatoms. The van der Waals surface area contributed by atoms with E-state index in [1.54, 1.807) is 0 Å². The number of para-hydroxylation sites is 1. The van der Waals surface area contributed by atoms with Crippen molar-refractivity contribution in [2.24, 2.45) is 0 Å². The van der Waals surface area contributed by atoms with E-state index in [1.807, 2.05) is 32.0 Å². The number of aryl methyl sites for hydroxylation is 2. The minimum absolute atomic E-state index is 0.264. The molecule has 20 heavy (non-hydrogen) atoms. The Bertz CT molecular complexity index is 656. The highest BCUT2D eigenvalue weighted by Gasteiger charge is 2.14. The van der Waals surface area contributed by atoms with Gasteiger partial charge in [0.1, 0.15) is 5.82 Å². The lowest BCUT2D eigenvalue weighted by Crippen LogP contribution is -2.15. The first kappa shape index (κ1) is 14.3. The van der Waals surface area contributed by atoms with Gasteiger partial charge in [-0.3, -0.25) is 4.79 Å². The van der Waals surface area contributed by atoms with Crippen molar-refractivity contribution >= 4 is 29.0 Å². The Kier molecular flexibility index (Phi) is 4.25. The number of nitrogens with one attached hydrogen (secondary N) is 1. The molecule has 0 saturated heterocycles. The summed E-state index contributed by atoms with van der Waals surface area (Å²) in [5.41, 5.74) is 8.83. The minimum Gasteiger partial charge on any atom is -0.384 e. The zero-order valence-electron chi connectivity index (χ0n) is 11.4. The van der Waals surface area contributed by atoms with Crippen LogP contribution < -0.4 is 11.1 Å². The van der Waals surface area contributed by atoms with Crippen molar-refractivity contribution in [3.05, 3.63) is 52.2 Å². The topological polar surface area (TPSA) is 68.0 Å². The second-order valence-corrected chi connectivity index (χ2v) is 4.91. The summed E-state index contributed by atoms with van der Waals surface area (Å²) in [5, 5.41) is 3.19. The number of amides is 1. The quantitative estimate of drug-likeness (QED) is 0.909. The number of anilines is 2. The van der Waals surface area contributed by atoms with Crippen LogP contribution in [0.1, 0.15) is 28.4 Å². The Morgan fingerprint density at radius 1 is 1.45 bits per heavy atom. The van der Waals surface area contributed by atoms with Gasteiger partial charge in [0.15, 0.2) is 0 Å². The van der Waals surface area contributed by atoms with Crippen LogP contribution in [0.4, 0.5) is 11.5 Å². The van der Waals surface area contributed by atoms with E-state index in [4.69, 9.17) is 17.3 Å². The second-order valence-electron chi connectivity index (χ2n) is 4.51. The summed E-state index contributed by atoms with van der Waals surface area (Å²) in [6, 6.07) is 7.39. The van der Waals surface area contributed by atoms with Crippen molar-refractivity contribution in [2.45, 2.75) is 20.3 Å². The third-order valence-electron chi connectivity index (χ3n) is 3.10. The molecule has 104 valence electrons. The number of aromatic nitrogens is 1. The molecule has 2 aromatic rings. The zero-order valence-corrected chi connectivity index (χ0v) is 12.2. The molecule has 2 rings (SSSR count). The number of hydrogen-bond donors (Lipinski definition) is 2. The summed E-state index contributed by atoms with van der Waals surface area (Å²) in [5.74, 6) is -0.0202. The van der Waals surface area contributed by atoms with Gasteiger partial charge in [0, 0.05) is 11.9 Å². The summed E-state index contributed by atoms with van der Waals surface area (Å²) in [7, 11) is 0. The molecule has 0 bridgehead atoms. The summed E-state index contributed by atoms with van der Waals surface area (Å²) in [4.78, 5) is 16.2. The molecule has 0 unspecified atom stereocenters. The van der Waals surface area contributed by atoms with E-state index in [-0.39, 0.29) is 16.7 Å². The zero-order chi connectivity index (χ0) is 14.7. The largest absolute Gasteiger partial charge is 0.384 e. The van der Waals surface area contributed by atoms with Crippen molar-refractivity contribution < 1.29 is 4.79 Å². The van der Waals surface area contributed by atoms with Crippen molar-refractivity contribution in [3.63, 3.8) is 0 Å². The Labute approximate surface area is 123 Å². The van der Waals surface area contributed by atoms with Crippen molar-refractivity contribution in [2.75, 3.05) is 11.1 Å². The first-order chi connectivity index (χ1) is 9.52. The lowest BCUT2D eigenvalue weighted by atomic mass is 10.1. The molecule has 1 aromatic heterocycles. The summed E-state index contributed by atoms with van der Waals surface area (Å²) in [6.45, 7) is 4.00. The van der Waals surface area contributed by atoms with Gasteiger partial charge in [-0.25, -0.2) is 4.98 Å². The fourth-order valence-corrected chi connectivity index (χ4v) is 2.20. The van der Waals surface area contributed by atoms with E-state index in [2.05, 4.69) is 10.3 Å². The average Bonchev–Trinajstić information content (AvgIpc) is 2.43. The molecular weight excluding hydrogens is 274 g/mol. The van der Waals surface area contributed by atoms with E-state index >= 15 is 0 Å². The Hall–Kier alpha value is -2.07. The maximum Gasteiger partial charge on any atom is 0.257 e. The van der Waals surface area contributed by atoms with Gasteiger partial charge in [0.25, 0.3) is 5.91 Å². The van der Waals surface area contributed by atoms with Crippen LogP contribution in [0.25, 0.3) is 0 Å². The highest BCUT2D eigenvalue weighted by molar-refractivity contribution is 6.34. The predicted octanol–water partition coefficient (Wildman–Crippen LogP) is 3.44. The average molecular weight is 290 g/mol. The van der Waals surface area contributed by atoms with Gasteiger partial charge in [0.05, 0.1) is 10.6 Å². The molecule has 0 atom stereocenters. The second kappa shape index (κ2) is 5.92. The standard InChI is InChI=1S/C15H16ClN3O/c1-3-10-6-4-5-9(2)14(10)19-15(20)11-7-13(17)18-8-12(11)16/h4-8H,3H2,1-2H3,(H2,17,18)(H,19,20). The lowest BCUT2D eigenvalue weighted by molar-refractivity contribution is 0.102. The van der Waals surface area contributed by atoms with Crippen molar-refractivity contribution in [1.82, 2.24) is 4.98 Å². The van der Waals surface area contributed by atoms with Crippen LogP contribution >= 0.6 is 11.6 Å². The molecular formula is C15H16ClN3O. The smallest absolute Gasteiger partial charge is 0.257 e. The van der Waals surface area contributed by atoms with Crippen LogP contribution in [0.5, 0.6) is 0 Å². The predicted molar refractivity (Wildman–Crippen MR) is 82.2 cm³/mol. The molecule has 0 spiro atoms. The van der Waals surface area contributed by atoms with E-state index in [9.17, 15) is 4.79 Å². The van der Waals surface area contributed by atoms with Gasteiger partial charge < -0.3 is 11.1 Å². The molecule has 0 radical (unpaired) electrons. The van der Waals surface area contributed by atoms with Crippen molar-refractivity contribution in [1.29, 1.82) is 0 Å². The van der Waals surface area contributed by atoms with Crippen LogP contribution in [0.2, 0.25) is 5.02 Å². The molecule has 1 heterocycles. The first-order valence-corrected chi connectivity index (χ1v) is 6.71. The highest BCUT2D eigenvalue weighted by atomic mass is 35.5. The van der Waals surface area contributed by atoms with Crippen LogP contribution in [0, 0.1) is 6.92 Å². The number of pyridine rings is 1. The first-order valence-electron chi connectivity index (χ1n) is 6.33. The van der Waals surface area contributed by atoms with Gasteiger partial charge >= 0.3 is 0 Å². The van der Waals surface area contributed by atoms with Gasteiger partial charge in [-0.15, -0.1) is 0 Å².